The molecule has 1 fully saturated rings. The summed E-state index contributed by atoms with van der Waals surface area (Å²) in [6, 6.07) is 3.88. The number of amides is 1. The van der Waals surface area contributed by atoms with Crippen molar-refractivity contribution in [2.24, 2.45) is 5.92 Å². The Morgan fingerprint density at radius 1 is 1.57 bits per heavy atom. The molecule has 1 atom stereocenters. The van der Waals surface area contributed by atoms with E-state index in [1.807, 2.05) is 22.4 Å². The Balaban J connectivity index is 1.54. The minimum Gasteiger partial charge on any atom is -0.410 e. The predicted octanol–water partition coefficient (Wildman–Crippen LogP) is 3.15. The molecule has 112 valence electrons. The minimum absolute atomic E-state index is 0.155. The maximum atomic E-state index is 12.2. The molecule has 1 amide bonds. The van der Waals surface area contributed by atoms with Crippen LogP contribution in [0.5, 0.6) is 0 Å². The van der Waals surface area contributed by atoms with Gasteiger partial charge < -0.3 is 9.32 Å². The van der Waals surface area contributed by atoms with Crippen molar-refractivity contribution in [3.05, 3.63) is 17.5 Å². The number of hydrogen-bond donors (Lipinski definition) is 0. The highest BCUT2D eigenvalue weighted by atomic mass is 32.2. The summed E-state index contributed by atoms with van der Waals surface area (Å²) >= 11 is 2.87. The number of thiophene rings is 1. The van der Waals surface area contributed by atoms with E-state index >= 15 is 0 Å². The van der Waals surface area contributed by atoms with Crippen LogP contribution < -0.4 is 0 Å². The van der Waals surface area contributed by atoms with Crippen LogP contribution >= 0.6 is 23.1 Å². The monoisotopic (exact) mass is 323 g/mol. The van der Waals surface area contributed by atoms with E-state index < -0.39 is 0 Å². The van der Waals surface area contributed by atoms with E-state index in [-0.39, 0.29) is 5.91 Å². The highest BCUT2D eigenvalue weighted by molar-refractivity contribution is 7.99. The van der Waals surface area contributed by atoms with Gasteiger partial charge in [-0.15, -0.1) is 21.5 Å². The average molecular weight is 323 g/mol. The molecule has 1 aliphatic heterocycles. The zero-order chi connectivity index (χ0) is 14.7. The molecule has 0 saturated carbocycles. The van der Waals surface area contributed by atoms with Gasteiger partial charge >= 0.3 is 0 Å². The van der Waals surface area contributed by atoms with Gasteiger partial charge in [-0.1, -0.05) is 24.8 Å². The standard InChI is InChI=1S/C14H17N3O2S2/c1-10-4-2-6-17(8-10)12(18)9-21-14-16-15-13(19-14)11-5-3-7-20-11/h3,5,7,10H,2,4,6,8-9H2,1H3/t10-/m1/s1. The van der Waals surface area contributed by atoms with Gasteiger partial charge in [-0.3, -0.25) is 4.79 Å². The van der Waals surface area contributed by atoms with Crippen molar-refractivity contribution in [2.45, 2.75) is 25.0 Å². The van der Waals surface area contributed by atoms with Crippen LogP contribution in [0.25, 0.3) is 10.8 Å². The maximum Gasteiger partial charge on any atom is 0.277 e. The molecule has 0 N–H and O–H groups in total. The second-order valence-electron chi connectivity index (χ2n) is 5.23. The molecule has 5 nitrogen and oxygen atoms in total. The molecule has 0 bridgehead atoms. The molecule has 2 aromatic rings. The second kappa shape index (κ2) is 6.62. The lowest BCUT2D eigenvalue weighted by Gasteiger charge is -2.30. The van der Waals surface area contributed by atoms with Gasteiger partial charge in [0.15, 0.2) is 0 Å². The van der Waals surface area contributed by atoms with Crippen molar-refractivity contribution in [3.63, 3.8) is 0 Å². The molecular weight excluding hydrogens is 306 g/mol. The predicted molar refractivity (Wildman–Crippen MR) is 83.3 cm³/mol. The maximum absolute atomic E-state index is 12.2. The van der Waals surface area contributed by atoms with Crippen molar-refractivity contribution in [2.75, 3.05) is 18.8 Å². The molecule has 1 saturated heterocycles. The van der Waals surface area contributed by atoms with E-state index in [0.717, 1.165) is 24.4 Å². The molecule has 2 aromatic heterocycles. The number of nitrogens with zero attached hydrogens (tertiary/aromatic N) is 3. The summed E-state index contributed by atoms with van der Waals surface area (Å²) in [5, 5.41) is 10.4. The quantitative estimate of drug-likeness (QED) is 0.809. The first-order chi connectivity index (χ1) is 10.2. The number of thioether (sulfide) groups is 1. The fraction of sp³-hybridized carbons (Fsp3) is 0.500. The zero-order valence-electron chi connectivity index (χ0n) is 11.8. The molecule has 0 radical (unpaired) electrons. The van der Waals surface area contributed by atoms with Crippen LogP contribution in [0.4, 0.5) is 0 Å². The third-order valence-electron chi connectivity index (χ3n) is 3.47. The van der Waals surface area contributed by atoms with Crippen LogP contribution in [0.15, 0.2) is 27.2 Å². The fourth-order valence-electron chi connectivity index (χ4n) is 2.40. The van der Waals surface area contributed by atoms with Crippen LogP contribution in [0.2, 0.25) is 0 Å². The second-order valence-corrected chi connectivity index (χ2v) is 7.10. The van der Waals surface area contributed by atoms with Crippen LogP contribution in [0.1, 0.15) is 19.8 Å². The summed E-state index contributed by atoms with van der Waals surface area (Å²) in [7, 11) is 0. The number of aromatic nitrogens is 2. The lowest BCUT2D eigenvalue weighted by molar-refractivity contribution is -0.130. The largest absolute Gasteiger partial charge is 0.410 e. The molecule has 0 aromatic carbocycles. The van der Waals surface area contributed by atoms with Gasteiger partial charge in [0.25, 0.3) is 11.1 Å². The number of hydrogen-bond acceptors (Lipinski definition) is 6. The zero-order valence-corrected chi connectivity index (χ0v) is 13.5. The summed E-state index contributed by atoms with van der Waals surface area (Å²) < 4.78 is 5.57. The molecule has 0 aliphatic carbocycles. The van der Waals surface area contributed by atoms with E-state index in [1.54, 1.807) is 11.3 Å². The van der Waals surface area contributed by atoms with Crippen LogP contribution in [0, 0.1) is 5.92 Å². The number of carbonyl (C=O) groups excluding carboxylic acids is 1. The average Bonchev–Trinajstić information content (AvgIpc) is 3.15. The number of carbonyl (C=O) groups is 1. The Bertz CT molecular complexity index is 597. The van der Waals surface area contributed by atoms with Gasteiger partial charge in [0.2, 0.25) is 5.91 Å². The van der Waals surface area contributed by atoms with E-state index in [1.165, 1.54) is 18.2 Å². The molecule has 21 heavy (non-hydrogen) atoms. The topological polar surface area (TPSA) is 59.2 Å². The van der Waals surface area contributed by atoms with Crippen molar-refractivity contribution in [3.8, 4) is 10.8 Å². The Hall–Kier alpha value is -1.34. The Morgan fingerprint density at radius 3 is 3.24 bits per heavy atom. The van der Waals surface area contributed by atoms with Crippen LogP contribution in [-0.4, -0.2) is 39.8 Å². The Kier molecular flexibility index (Phi) is 4.60. The van der Waals surface area contributed by atoms with E-state index in [9.17, 15) is 4.79 Å². The lowest BCUT2D eigenvalue weighted by atomic mass is 10.0. The fourth-order valence-corrected chi connectivity index (χ4v) is 3.71. The smallest absolute Gasteiger partial charge is 0.277 e. The van der Waals surface area contributed by atoms with Gasteiger partial charge in [0.05, 0.1) is 10.6 Å². The minimum atomic E-state index is 0.155. The SMILES string of the molecule is C[C@@H]1CCCN(C(=O)CSc2nnc(-c3cccs3)o2)C1. The van der Waals surface area contributed by atoms with Gasteiger partial charge in [-0.05, 0) is 30.2 Å². The summed E-state index contributed by atoms with van der Waals surface area (Å²) in [5.41, 5.74) is 0. The van der Waals surface area contributed by atoms with Gasteiger partial charge in [0.1, 0.15) is 0 Å². The highest BCUT2D eigenvalue weighted by Gasteiger charge is 2.21. The van der Waals surface area contributed by atoms with Crippen LogP contribution in [0.3, 0.4) is 0 Å². The first-order valence-corrected chi connectivity index (χ1v) is 8.87. The molecule has 0 spiro atoms. The molecule has 3 heterocycles. The van der Waals surface area contributed by atoms with Gasteiger partial charge in [-0.2, -0.15) is 0 Å². The van der Waals surface area contributed by atoms with Gasteiger partial charge in [0, 0.05) is 13.1 Å². The molecule has 7 heteroatoms. The van der Waals surface area contributed by atoms with Crippen molar-refractivity contribution >= 4 is 29.0 Å². The first kappa shape index (κ1) is 14.6. The Labute approximate surface area is 131 Å². The van der Waals surface area contributed by atoms with E-state index in [2.05, 4.69) is 17.1 Å². The van der Waals surface area contributed by atoms with Crippen LogP contribution in [-0.2, 0) is 4.79 Å². The summed E-state index contributed by atoms with van der Waals surface area (Å²) in [6.07, 6.45) is 2.31. The highest BCUT2D eigenvalue weighted by Crippen LogP contribution is 2.26. The van der Waals surface area contributed by atoms with Crippen molar-refractivity contribution in [1.82, 2.24) is 15.1 Å². The summed E-state index contributed by atoms with van der Waals surface area (Å²) in [4.78, 5) is 15.1. The third kappa shape index (κ3) is 3.65. The first-order valence-electron chi connectivity index (χ1n) is 7.00. The lowest BCUT2D eigenvalue weighted by Crippen LogP contribution is -2.40. The summed E-state index contributed by atoms with van der Waals surface area (Å²) in [5.74, 6) is 1.63. The normalized spacial score (nSPS) is 18.9. The van der Waals surface area contributed by atoms with E-state index in [4.69, 9.17) is 4.42 Å². The Morgan fingerprint density at radius 2 is 2.48 bits per heavy atom. The molecular formula is C14H17N3O2S2. The summed E-state index contributed by atoms with van der Waals surface area (Å²) in [6.45, 7) is 3.93. The number of rotatable bonds is 4. The van der Waals surface area contributed by atoms with Crippen molar-refractivity contribution < 1.29 is 9.21 Å². The molecule has 0 unspecified atom stereocenters. The molecule has 1 aliphatic rings. The number of likely N-dealkylation sites (tertiary alicyclic amines) is 1. The molecule has 3 rings (SSSR count). The number of piperidine rings is 1. The van der Waals surface area contributed by atoms with Crippen molar-refractivity contribution in [1.29, 1.82) is 0 Å². The third-order valence-corrected chi connectivity index (χ3v) is 5.13. The van der Waals surface area contributed by atoms with Gasteiger partial charge in [-0.25, -0.2) is 0 Å². The van der Waals surface area contributed by atoms with E-state index in [0.29, 0.717) is 22.8 Å².